The fourth-order valence-electron chi connectivity index (χ4n) is 3.20. The van der Waals surface area contributed by atoms with E-state index in [1.54, 1.807) is 10.7 Å². The third kappa shape index (κ3) is 4.10. The molecule has 0 atom stereocenters. The molecule has 0 aliphatic rings. The smallest absolute Gasteiger partial charge is 0.297 e. The predicted octanol–water partition coefficient (Wildman–Crippen LogP) is 4.51. The molecule has 3 aromatic rings. The summed E-state index contributed by atoms with van der Waals surface area (Å²) < 4.78 is 4.76. The molecule has 3 rings (SSSR count). The van der Waals surface area contributed by atoms with Crippen LogP contribution in [0.3, 0.4) is 0 Å². The van der Waals surface area contributed by atoms with Gasteiger partial charge in [-0.25, -0.2) is 0 Å². The summed E-state index contributed by atoms with van der Waals surface area (Å²) in [6, 6.07) is 8.28. The van der Waals surface area contributed by atoms with Crippen LogP contribution in [0.25, 0.3) is 10.2 Å². The normalized spacial score (nSPS) is 12.1. The first-order valence-corrected chi connectivity index (χ1v) is 10.5. The summed E-state index contributed by atoms with van der Waals surface area (Å²) in [6.07, 6.45) is 8.96. The first kappa shape index (κ1) is 20.1. The van der Waals surface area contributed by atoms with Gasteiger partial charge in [-0.1, -0.05) is 36.7 Å². The topological polar surface area (TPSA) is 52.2 Å². The Morgan fingerprint density at radius 3 is 2.82 bits per heavy atom. The Labute approximate surface area is 169 Å². The SMILES string of the molecule is C#CCn1c(=NC(=O)c2cc(C)nn2C(C)C)sc2cc(CCCC)ccc21. The number of terminal acetylenes is 1. The maximum atomic E-state index is 12.9. The van der Waals surface area contributed by atoms with Crippen LogP contribution in [0.2, 0.25) is 0 Å². The highest BCUT2D eigenvalue weighted by molar-refractivity contribution is 7.16. The van der Waals surface area contributed by atoms with Crippen molar-refractivity contribution in [1.82, 2.24) is 14.3 Å². The molecule has 0 saturated carbocycles. The van der Waals surface area contributed by atoms with Crippen molar-refractivity contribution >= 4 is 27.5 Å². The van der Waals surface area contributed by atoms with Crippen LogP contribution in [0.4, 0.5) is 0 Å². The number of rotatable bonds is 6. The Bertz CT molecular complexity index is 1110. The maximum absolute atomic E-state index is 12.9. The van der Waals surface area contributed by atoms with Crippen LogP contribution in [0, 0.1) is 19.3 Å². The molecule has 0 saturated heterocycles. The summed E-state index contributed by atoms with van der Waals surface area (Å²) in [4.78, 5) is 18.0. The molecule has 2 heterocycles. The van der Waals surface area contributed by atoms with Crippen molar-refractivity contribution < 1.29 is 4.79 Å². The summed E-state index contributed by atoms with van der Waals surface area (Å²) in [5, 5.41) is 4.41. The van der Waals surface area contributed by atoms with Gasteiger partial charge in [0.05, 0.1) is 22.5 Å². The standard InChI is InChI=1S/C22H26N4OS/c1-6-8-9-17-10-11-18-20(14-17)28-22(25(18)12-7-2)23-21(27)19-13-16(5)24-26(19)15(3)4/h2,10-11,13-15H,6,8-9,12H2,1,3-5H3. The van der Waals surface area contributed by atoms with Gasteiger partial charge in [-0.05, 0) is 57.4 Å². The Morgan fingerprint density at radius 2 is 2.14 bits per heavy atom. The van der Waals surface area contributed by atoms with Gasteiger partial charge in [0.15, 0.2) is 4.80 Å². The Balaban J connectivity index is 2.09. The van der Waals surface area contributed by atoms with Crippen LogP contribution in [0.5, 0.6) is 0 Å². The van der Waals surface area contributed by atoms with E-state index >= 15 is 0 Å². The monoisotopic (exact) mass is 394 g/mol. The largest absolute Gasteiger partial charge is 0.305 e. The summed E-state index contributed by atoms with van der Waals surface area (Å²) in [6.45, 7) is 8.45. The number of carbonyl (C=O) groups is 1. The second kappa shape index (κ2) is 8.57. The molecule has 0 N–H and O–H groups in total. The van der Waals surface area contributed by atoms with Crippen molar-refractivity contribution in [2.24, 2.45) is 4.99 Å². The van der Waals surface area contributed by atoms with E-state index in [0.29, 0.717) is 17.0 Å². The van der Waals surface area contributed by atoms with Crippen molar-refractivity contribution in [1.29, 1.82) is 0 Å². The number of thiazole rings is 1. The van der Waals surface area contributed by atoms with Crippen molar-refractivity contribution in [2.75, 3.05) is 0 Å². The molecule has 2 aromatic heterocycles. The van der Waals surface area contributed by atoms with E-state index in [1.807, 2.05) is 25.3 Å². The van der Waals surface area contributed by atoms with E-state index in [0.717, 1.165) is 35.2 Å². The predicted molar refractivity (Wildman–Crippen MR) is 115 cm³/mol. The number of amides is 1. The molecule has 1 amide bonds. The molecular weight excluding hydrogens is 368 g/mol. The number of hydrogen-bond acceptors (Lipinski definition) is 3. The van der Waals surface area contributed by atoms with Gasteiger partial charge in [0.1, 0.15) is 5.69 Å². The van der Waals surface area contributed by atoms with Crippen molar-refractivity contribution in [3.8, 4) is 12.3 Å². The molecule has 28 heavy (non-hydrogen) atoms. The second-order valence-corrected chi connectivity index (χ2v) is 8.22. The minimum atomic E-state index is -0.294. The Kier molecular flexibility index (Phi) is 6.15. The fraction of sp³-hybridized carbons (Fsp3) is 0.409. The first-order valence-electron chi connectivity index (χ1n) is 9.65. The quantitative estimate of drug-likeness (QED) is 0.578. The Morgan fingerprint density at radius 1 is 1.36 bits per heavy atom. The highest BCUT2D eigenvalue weighted by Crippen LogP contribution is 2.21. The number of unbranched alkanes of at least 4 members (excludes halogenated alkanes) is 1. The number of hydrogen-bond donors (Lipinski definition) is 0. The lowest BCUT2D eigenvalue weighted by atomic mass is 10.1. The van der Waals surface area contributed by atoms with Gasteiger partial charge in [0.25, 0.3) is 5.91 Å². The van der Waals surface area contributed by atoms with Crippen LogP contribution >= 0.6 is 11.3 Å². The fourth-order valence-corrected chi connectivity index (χ4v) is 4.29. The van der Waals surface area contributed by atoms with E-state index in [9.17, 15) is 4.79 Å². The van der Waals surface area contributed by atoms with E-state index < -0.39 is 0 Å². The van der Waals surface area contributed by atoms with Crippen LogP contribution in [0.15, 0.2) is 29.3 Å². The van der Waals surface area contributed by atoms with Gasteiger partial charge in [-0.2, -0.15) is 10.1 Å². The molecule has 0 bridgehead atoms. The molecule has 0 radical (unpaired) electrons. The van der Waals surface area contributed by atoms with Crippen molar-refractivity contribution in [2.45, 2.75) is 59.5 Å². The number of benzene rings is 1. The summed E-state index contributed by atoms with van der Waals surface area (Å²) >= 11 is 1.51. The van der Waals surface area contributed by atoms with E-state index in [4.69, 9.17) is 6.42 Å². The zero-order valence-corrected chi connectivity index (χ0v) is 17.7. The number of nitrogens with zero attached hydrogens (tertiary/aromatic N) is 4. The second-order valence-electron chi connectivity index (χ2n) is 7.21. The zero-order chi connectivity index (χ0) is 20.3. The molecular formula is C22H26N4OS. The average Bonchev–Trinajstić information content (AvgIpc) is 3.21. The van der Waals surface area contributed by atoms with Crippen LogP contribution in [0.1, 0.15) is 61.4 Å². The minimum Gasteiger partial charge on any atom is -0.305 e. The lowest BCUT2D eigenvalue weighted by Crippen LogP contribution is -2.18. The van der Waals surface area contributed by atoms with Crippen molar-refractivity contribution in [3.63, 3.8) is 0 Å². The molecule has 0 spiro atoms. The minimum absolute atomic E-state index is 0.0872. The summed E-state index contributed by atoms with van der Waals surface area (Å²) in [7, 11) is 0. The molecule has 0 aliphatic carbocycles. The molecule has 6 heteroatoms. The van der Waals surface area contributed by atoms with Gasteiger partial charge in [0.2, 0.25) is 0 Å². The molecule has 5 nitrogen and oxygen atoms in total. The average molecular weight is 395 g/mol. The summed E-state index contributed by atoms with van der Waals surface area (Å²) in [5.74, 6) is 2.39. The van der Waals surface area contributed by atoms with E-state index in [1.165, 1.54) is 16.9 Å². The van der Waals surface area contributed by atoms with E-state index in [-0.39, 0.29) is 11.9 Å². The molecule has 0 fully saturated rings. The molecule has 0 unspecified atom stereocenters. The number of carbonyl (C=O) groups excluding carboxylic acids is 1. The highest BCUT2D eigenvalue weighted by atomic mass is 32.1. The maximum Gasteiger partial charge on any atom is 0.297 e. The molecule has 0 aliphatic heterocycles. The van der Waals surface area contributed by atoms with Gasteiger partial charge in [0, 0.05) is 6.04 Å². The lowest BCUT2D eigenvalue weighted by Gasteiger charge is -2.08. The summed E-state index contributed by atoms with van der Waals surface area (Å²) in [5.41, 5.74) is 3.62. The van der Waals surface area contributed by atoms with Crippen LogP contribution < -0.4 is 4.80 Å². The van der Waals surface area contributed by atoms with Gasteiger partial charge < -0.3 is 4.57 Å². The van der Waals surface area contributed by atoms with Gasteiger partial charge >= 0.3 is 0 Å². The van der Waals surface area contributed by atoms with Crippen LogP contribution in [-0.4, -0.2) is 20.3 Å². The first-order chi connectivity index (χ1) is 13.4. The Hall–Kier alpha value is -2.65. The number of aryl methyl sites for hydroxylation is 2. The van der Waals surface area contributed by atoms with Crippen LogP contribution in [-0.2, 0) is 13.0 Å². The molecule has 1 aromatic carbocycles. The number of fused-ring (bicyclic) bond motifs is 1. The van der Waals surface area contributed by atoms with Gasteiger partial charge in [-0.15, -0.1) is 6.42 Å². The molecule has 146 valence electrons. The van der Waals surface area contributed by atoms with E-state index in [2.05, 4.69) is 41.1 Å². The number of aromatic nitrogens is 3. The van der Waals surface area contributed by atoms with Crippen molar-refractivity contribution in [3.05, 3.63) is 46.0 Å². The van der Waals surface area contributed by atoms with Gasteiger partial charge in [-0.3, -0.25) is 9.48 Å². The highest BCUT2D eigenvalue weighted by Gasteiger charge is 2.16. The zero-order valence-electron chi connectivity index (χ0n) is 16.9. The lowest BCUT2D eigenvalue weighted by molar-refractivity contribution is 0.0986. The third-order valence-electron chi connectivity index (χ3n) is 4.58. The third-order valence-corrected chi connectivity index (χ3v) is 5.62.